The van der Waals surface area contributed by atoms with Crippen molar-refractivity contribution in [2.45, 2.75) is 26.1 Å². The van der Waals surface area contributed by atoms with Gasteiger partial charge in [-0.15, -0.1) is 12.4 Å². The van der Waals surface area contributed by atoms with Crippen LogP contribution >= 0.6 is 28.3 Å². The molecule has 0 radical (unpaired) electrons. The van der Waals surface area contributed by atoms with Crippen LogP contribution in [0.1, 0.15) is 28.4 Å². The largest absolute Gasteiger partial charge is 0.493 e. The van der Waals surface area contributed by atoms with E-state index >= 15 is 0 Å². The van der Waals surface area contributed by atoms with E-state index in [-0.39, 0.29) is 19.0 Å². The van der Waals surface area contributed by atoms with E-state index in [0.29, 0.717) is 48.3 Å². The van der Waals surface area contributed by atoms with Crippen LogP contribution in [0.4, 0.5) is 0 Å². The van der Waals surface area contributed by atoms with Gasteiger partial charge in [-0.2, -0.15) is 0 Å². The van der Waals surface area contributed by atoms with Gasteiger partial charge >= 0.3 is 0 Å². The number of hydrogen-bond donors (Lipinski definition) is 2. The Balaban J connectivity index is 0.00000324. The van der Waals surface area contributed by atoms with Crippen LogP contribution in [0, 0.1) is 6.92 Å². The molecule has 0 bridgehead atoms. The molecule has 2 N–H and O–H groups in total. The SMILES string of the molecule is COc1cc(CNCc2ccc(C)cc2)cc(Br)c1OCC(O)c1ccc2c(c1)OCCO2.Cl. The molecule has 0 aromatic heterocycles. The fraction of sp³-hybridized carbons (Fsp3) is 0.308. The summed E-state index contributed by atoms with van der Waals surface area (Å²) in [4.78, 5) is 0. The van der Waals surface area contributed by atoms with E-state index in [2.05, 4.69) is 52.4 Å². The average molecular weight is 551 g/mol. The number of methoxy groups -OCH3 is 1. The van der Waals surface area contributed by atoms with Gasteiger partial charge in [0.2, 0.25) is 0 Å². The molecule has 0 amide bonds. The molecule has 1 unspecified atom stereocenters. The molecule has 3 aromatic rings. The Kier molecular flexibility index (Phi) is 9.47. The zero-order valence-electron chi connectivity index (χ0n) is 19.2. The van der Waals surface area contributed by atoms with Crippen LogP contribution in [-0.2, 0) is 13.1 Å². The number of hydrogen-bond acceptors (Lipinski definition) is 6. The average Bonchev–Trinajstić information content (AvgIpc) is 2.83. The van der Waals surface area contributed by atoms with Crippen molar-refractivity contribution in [1.29, 1.82) is 0 Å². The van der Waals surface area contributed by atoms with Crippen molar-refractivity contribution in [2.75, 3.05) is 26.9 Å². The minimum atomic E-state index is -0.826. The lowest BCUT2D eigenvalue weighted by Crippen LogP contribution is -2.16. The van der Waals surface area contributed by atoms with E-state index in [4.69, 9.17) is 18.9 Å². The summed E-state index contributed by atoms with van der Waals surface area (Å²) in [5.41, 5.74) is 4.25. The highest BCUT2D eigenvalue weighted by molar-refractivity contribution is 9.10. The summed E-state index contributed by atoms with van der Waals surface area (Å²) in [5, 5.41) is 14.1. The van der Waals surface area contributed by atoms with E-state index in [1.54, 1.807) is 13.2 Å². The third-order valence-corrected chi connectivity index (χ3v) is 5.99. The van der Waals surface area contributed by atoms with Crippen LogP contribution in [0.3, 0.4) is 0 Å². The lowest BCUT2D eigenvalue weighted by molar-refractivity contribution is 0.105. The Morgan fingerprint density at radius 1 is 0.971 bits per heavy atom. The van der Waals surface area contributed by atoms with Gasteiger partial charge < -0.3 is 29.4 Å². The van der Waals surface area contributed by atoms with Crippen molar-refractivity contribution in [3.63, 3.8) is 0 Å². The molecule has 1 atom stereocenters. The lowest BCUT2D eigenvalue weighted by Gasteiger charge is -2.21. The molecule has 0 aliphatic carbocycles. The quantitative estimate of drug-likeness (QED) is 0.374. The molecule has 6 nitrogen and oxygen atoms in total. The van der Waals surface area contributed by atoms with Gasteiger partial charge in [-0.3, -0.25) is 0 Å². The second-order valence-electron chi connectivity index (χ2n) is 7.93. The van der Waals surface area contributed by atoms with Gasteiger partial charge in [-0.05, 0) is 63.8 Å². The van der Waals surface area contributed by atoms with Crippen LogP contribution < -0.4 is 24.3 Å². The minimum Gasteiger partial charge on any atom is -0.493 e. The first-order valence-corrected chi connectivity index (χ1v) is 11.7. The Bertz CT molecular complexity index is 1090. The molecule has 1 aliphatic rings. The van der Waals surface area contributed by atoms with Crippen LogP contribution in [0.25, 0.3) is 0 Å². The number of aryl methyl sites for hydroxylation is 1. The first kappa shape index (κ1) is 26.2. The maximum absolute atomic E-state index is 10.6. The first-order valence-electron chi connectivity index (χ1n) is 10.9. The van der Waals surface area contributed by atoms with Gasteiger partial charge in [-0.1, -0.05) is 35.9 Å². The smallest absolute Gasteiger partial charge is 0.175 e. The van der Waals surface area contributed by atoms with Crippen molar-refractivity contribution < 1.29 is 24.1 Å². The Morgan fingerprint density at radius 3 is 2.41 bits per heavy atom. The maximum Gasteiger partial charge on any atom is 0.175 e. The number of halogens is 2. The van der Waals surface area contributed by atoms with E-state index in [1.165, 1.54) is 11.1 Å². The standard InChI is InChI=1S/C26H28BrNO5.ClH/c1-17-3-5-18(6-4-17)14-28-15-19-11-21(27)26(25(12-19)30-2)33-16-22(29)20-7-8-23-24(13-20)32-10-9-31-23;/h3-8,11-13,22,28-29H,9-10,14-16H2,1-2H3;1H. The molecule has 1 aliphatic heterocycles. The second kappa shape index (κ2) is 12.3. The summed E-state index contributed by atoms with van der Waals surface area (Å²) in [5.74, 6) is 2.48. The zero-order valence-corrected chi connectivity index (χ0v) is 21.6. The molecule has 4 rings (SSSR count). The number of benzene rings is 3. The molecule has 8 heteroatoms. The van der Waals surface area contributed by atoms with Crippen LogP contribution in [0.5, 0.6) is 23.0 Å². The Labute approximate surface area is 214 Å². The van der Waals surface area contributed by atoms with E-state index in [0.717, 1.165) is 16.6 Å². The number of rotatable bonds is 9. The fourth-order valence-corrected chi connectivity index (χ4v) is 4.20. The number of aliphatic hydroxyl groups is 1. The third kappa shape index (κ3) is 6.57. The van der Waals surface area contributed by atoms with Crippen molar-refractivity contribution in [2.24, 2.45) is 0 Å². The first-order chi connectivity index (χ1) is 16.0. The highest BCUT2D eigenvalue weighted by atomic mass is 79.9. The molecule has 0 fully saturated rings. The number of nitrogens with one attached hydrogen (secondary N) is 1. The number of fused-ring (bicyclic) bond motifs is 1. The highest BCUT2D eigenvalue weighted by Crippen LogP contribution is 2.38. The van der Waals surface area contributed by atoms with Gasteiger partial charge in [0.1, 0.15) is 25.9 Å². The van der Waals surface area contributed by atoms with Gasteiger partial charge in [0.15, 0.2) is 23.0 Å². The summed E-state index contributed by atoms with van der Waals surface area (Å²) in [6.07, 6.45) is -0.826. The van der Waals surface area contributed by atoms with Gasteiger partial charge in [-0.25, -0.2) is 0 Å². The maximum atomic E-state index is 10.6. The van der Waals surface area contributed by atoms with E-state index in [9.17, 15) is 5.11 Å². The molecule has 0 saturated heterocycles. The third-order valence-electron chi connectivity index (χ3n) is 5.40. The van der Waals surface area contributed by atoms with Crippen molar-refractivity contribution in [3.05, 3.63) is 81.3 Å². The van der Waals surface area contributed by atoms with Crippen LogP contribution in [0.15, 0.2) is 59.1 Å². The molecule has 1 heterocycles. The fourth-order valence-electron chi connectivity index (χ4n) is 3.60. The van der Waals surface area contributed by atoms with Gasteiger partial charge in [0, 0.05) is 13.1 Å². The predicted molar refractivity (Wildman–Crippen MR) is 138 cm³/mol. The van der Waals surface area contributed by atoms with Crippen molar-refractivity contribution in [1.82, 2.24) is 5.32 Å². The van der Waals surface area contributed by atoms with Crippen LogP contribution in [-0.4, -0.2) is 32.0 Å². The summed E-state index contributed by atoms with van der Waals surface area (Å²) < 4.78 is 23.4. The van der Waals surface area contributed by atoms with E-state index < -0.39 is 6.10 Å². The Hall–Kier alpha value is -2.45. The molecular weight excluding hydrogens is 522 g/mol. The summed E-state index contributed by atoms with van der Waals surface area (Å²) in [6.45, 7) is 4.64. The lowest BCUT2D eigenvalue weighted by atomic mass is 10.1. The molecule has 3 aromatic carbocycles. The Morgan fingerprint density at radius 2 is 1.68 bits per heavy atom. The number of ether oxygens (including phenoxy) is 4. The van der Waals surface area contributed by atoms with E-state index in [1.807, 2.05) is 24.3 Å². The van der Waals surface area contributed by atoms with Crippen molar-refractivity contribution >= 4 is 28.3 Å². The molecule has 34 heavy (non-hydrogen) atoms. The predicted octanol–water partition coefficient (Wildman–Crippen LogP) is 5.36. The van der Waals surface area contributed by atoms with Gasteiger partial charge in [0.25, 0.3) is 0 Å². The highest BCUT2D eigenvalue weighted by Gasteiger charge is 2.18. The summed E-state index contributed by atoms with van der Waals surface area (Å²) in [7, 11) is 1.61. The molecule has 0 spiro atoms. The topological polar surface area (TPSA) is 69.2 Å². The minimum absolute atomic E-state index is 0. The zero-order chi connectivity index (χ0) is 23.2. The number of aliphatic hydroxyl groups excluding tert-OH is 1. The van der Waals surface area contributed by atoms with Gasteiger partial charge in [0.05, 0.1) is 11.6 Å². The van der Waals surface area contributed by atoms with Crippen molar-refractivity contribution in [3.8, 4) is 23.0 Å². The molecule has 0 saturated carbocycles. The van der Waals surface area contributed by atoms with Crippen LogP contribution in [0.2, 0.25) is 0 Å². The summed E-state index contributed by atoms with van der Waals surface area (Å²) >= 11 is 3.59. The molecule has 182 valence electrons. The monoisotopic (exact) mass is 549 g/mol. The molecular formula is C26H29BrClNO5. The normalized spacial score (nSPS) is 13.1. The second-order valence-corrected chi connectivity index (χ2v) is 8.78. The summed E-state index contributed by atoms with van der Waals surface area (Å²) in [6, 6.07) is 17.8.